The first-order chi connectivity index (χ1) is 14.9. The van der Waals surface area contributed by atoms with Gasteiger partial charge in [-0.2, -0.15) is 0 Å². The van der Waals surface area contributed by atoms with Gasteiger partial charge < -0.3 is 9.47 Å². The summed E-state index contributed by atoms with van der Waals surface area (Å²) in [7, 11) is 1.61. The molecule has 0 aliphatic carbocycles. The number of anilines is 1. The monoisotopic (exact) mass is 437 g/mol. The molecule has 0 saturated heterocycles. The van der Waals surface area contributed by atoms with E-state index in [1.807, 2.05) is 16.7 Å². The molecule has 3 aromatic carbocycles. The highest BCUT2D eigenvalue weighted by Crippen LogP contribution is 2.21. The van der Waals surface area contributed by atoms with Gasteiger partial charge in [0.05, 0.1) is 0 Å². The minimum absolute atomic E-state index is 0.235. The highest BCUT2D eigenvalue weighted by molar-refractivity contribution is 6.30. The van der Waals surface area contributed by atoms with Gasteiger partial charge in [-0.05, 0) is 66.2 Å². The van der Waals surface area contributed by atoms with E-state index in [4.69, 9.17) is 11.6 Å². The Morgan fingerprint density at radius 3 is 2.13 bits per heavy atom. The molecule has 1 aromatic heterocycles. The second kappa shape index (κ2) is 8.70. The van der Waals surface area contributed by atoms with E-state index >= 15 is 0 Å². The average Bonchev–Trinajstić information content (AvgIpc) is 3.19. The molecule has 1 heterocycles. The molecule has 4 rings (SSSR count). The molecule has 0 saturated carbocycles. The number of carbonyl (C=O) groups excluding carboxylic acids is 1. The fourth-order valence-corrected chi connectivity index (χ4v) is 3.34. The summed E-state index contributed by atoms with van der Waals surface area (Å²) < 4.78 is 28.3. The lowest BCUT2D eigenvalue weighted by molar-refractivity contribution is 0.0988. The first kappa shape index (κ1) is 20.8. The van der Waals surface area contributed by atoms with Gasteiger partial charge in [-0.25, -0.2) is 13.8 Å². The van der Waals surface area contributed by atoms with Crippen molar-refractivity contribution in [2.24, 2.45) is 0 Å². The number of imidazole rings is 1. The van der Waals surface area contributed by atoms with Crippen LogP contribution < -0.4 is 4.90 Å². The second-order valence-corrected chi connectivity index (χ2v) is 7.47. The fourth-order valence-electron chi connectivity index (χ4n) is 3.21. The fraction of sp³-hybridized carbons (Fsp3) is 0.0833. The Bertz CT molecular complexity index is 1200. The van der Waals surface area contributed by atoms with E-state index < -0.39 is 0 Å². The van der Waals surface area contributed by atoms with Crippen LogP contribution in [-0.2, 0) is 6.42 Å². The Labute approximate surface area is 183 Å². The number of amides is 1. The van der Waals surface area contributed by atoms with Crippen molar-refractivity contribution in [1.82, 2.24) is 9.55 Å². The van der Waals surface area contributed by atoms with Crippen molar-refractivity contribution in [3.63, 3.8) is 0 Å². The molecule has 0 fully saturated rings. The molecule has 0 spiro atoms. The zero-order valence-electron chi connectivity index (χ0n) is 16.6. The number of hydrogen-bond acceptors (Lipinski definition) is 2. The summed E-state index contributed by atoms with van der Waals surface area (Å²) in [6.07, 6.45) is 2.06. The minimum Gasteiger partial charge on any atom is -0.310 e. The molecule has 0 N–H and O–H groups in total. The van der Waals surface area contributed by atoms with Crippen LogP contribution in [0.25, 0.3) is 5.69 Å². The van der Waals surface area contributed by atoms with E-state index in [1.54, 1.807) is 37.5 Å². The molecule has 0 unspecified atom stereocenters. The van der Waals surface area contributed by atoms with Crippen molar-refractivity contribution in [2.75, 3.05) is 11.9 Å². The van der Waals surface area contributed by atoms with Crippen LogP contribution in [-0.4, -0.2) is 22.5 Å². The summed E-state index contributed by atoms with van der Waals surface area (Å²) >= 11 is 6.01. The molecule has 4 nitrogen and oxygen atoms in total. The van der Waals surface area contributed by atoms with Crippen molar-refractivity contribution in [3.8, 4) is 5.69 Å². The third-order valence-electron chi connectivity index (χ3n) is 4.90. The normalized spacial score (nSPS) is 10.8. The van der Waals surface area contributed by atoms with Gasteiger partial charge in [-0.1, -0.05) is 23.7 Å². The lowest BCUT2D eigenvalue weighted by Gasteiger charge is -2.15. The Balaban J connectivity index is 1.71. The van der Waals surface area contributed by atoms with E-state index in [0.717, 1.165) is 11.3 Å². The molecule has 7 heteroatoms. The number of benzene rings is 3. The zero-order chi connectivity index (χ0) is 22.0. The first-order valence-electron chi connectivity index (χ1n) is 9.53. The zero-order valence-corrected chi connectivity index (χ0v) is 17.4. The number of rotatable bonds is 5. The lowest BCUT2D eigenvalue weighted by Crippen LogP contribution is -2.26. The Morgan fingerprint density at radius 2 is 1.52 bits per heavy atom. The van der Waals surface area contributed by atoms with Crippen LogP contribution in [0.5, 0.6) is 0 Å². The smallest absolute Gasteiger partial charge is 0.278 e. The second-order valence-electron chi connectivity index (χ2n) is 7.03. The van der Waals surface area contributed by atoms with Crippen LogP contribution in [0.4, 0.5) is 14.5 Å². The third kappa shape index (κ3) is 4.64. The van der Waals surface area contributed by atoms with Gasteiger partial charge in [0.1, 0.15) is 23.2 Å². The highest BCUT2D eigenvalue weighted by atomic mass is 35.5. The number of carbonyl (C=O) groups is 1. The van der Waals surface area contributed by atoms with E-state index in [-0.39, 0.29) is 23.2 Å². The van der Waals surface area contributed by atoms with Crippen LogP contribution in [0.2, 0.25) is 5.02 Å². The van der Waals surface area contributed by atoms with Crippen molar-refractivity contribution in [1.29, 1.82) is 0 Å². The maximum absolute atomic E-state index is 13.3. The molecule has 0 bridgehead atoms. The van der Waals surface area contributed by atoms with Gasteiger partial charge in [0.15, 0.2) is 0 Å². The van der Waals surface area contributed by atoms with Gasteiger partial charge in [0.25, 0.3) is 5.91 Å². The van der Waals surface area contributed by atoms with E-state index in [9.17, 15) is 13.6 Å². The number of halogens is 3. The highest BCUT2D eigenvalue weighted by Gasteiger charge is 2.20. The summed E-state index contributed by atoms with van der Waals surface area (Å²) in [5.41, 5.74) is 2.43. The van der Waals surface area contributed by atoms with E-state index in [1.165, 1.54) is 41.3 Å². The van der Waals surface area contributed by atoms with Crippen LogP contribution in [0.3, 0.4) is 0 Å². The Morgan fingerprint density at radius 1 is 0.935 bits per heavy atom. The number of hydrogen-bond donors (Lipinski definition) is 0. The summed E-state index contributed by atoms with van der Waals surface area (Å²) in [6.45, 7) is 0. The van der Waals surface area contributed by atoms with Gasteiger partial charge in [-0.3, -0.25) is 4.79 Å². The average molecular weight is 438 g/mol. The number of nitrogens with zero attached hydrogens (tertiary/aromatic N) is 3. The third-order valence-corrected chi connectivity index (χ3v) is 5.15. The van der Waals surface area contributed by atoms with Crippen LogP contribution in [0.1, 0.15) is 21.9 Å². The molecule has 4 aromatic rings. The van der Waals surface area contributed by atoms with Gasteiger partial charge in [0, 0.05) is 36.1 Å². The van der Waals surface area contributed by atoms with Crippen LogP contribution in [0.15, 0.2) is 79.0 Å². The summed E-state index contributed by atoms with van der Waals surface area (Å²) in [6, 6.07) is 19.0. The number of aromatic nitrogens is 2. The van der Waals surface area contributed by atoms with E-state index in [0.29, 0.717) is 23.0 Å². The minimum atomic E-state index is -0.377. The van der Waals surface area contributed by atoms with Crippen molar-refractivity contribution >= 4 is 23.2 Å². The Kier molecular flexibility index (Phi) is 5.82. The molecule has 0 aliphatic rings. The topological polar surface area (TPSA) is 38.1 Å². The standard InChI is InChI=1S/C24H18ClF2N3O/c1-29(20-12-8-19(27)9-13-20)24(31)22-15-30(21-10-4-17(25)5-11-21)23(28-22)14-16-2-6-18(26)7-3-16/h2-13,15H,14H2,1H3. The van der Waals surface area contributed by atoms with Crippen molar-refractivity contribution < 1.29 is 13.6 Å². The Hall–Kier alpha value is -3.51. The quantitative estimate of drug-likeness (QED) is 0.403. The summed E-state index contributed by atoms with van der Waals surface area (Å²) in [4.78, 5) is 19.0. The molecule has 1 amide bonds. The predicted octanol–water partition coefficient (Wildman–Crippen LogP) is 5.67. The first-order valence-corrected chi connectivity index (χ1v) is 9.91. The molecule has 156 valence electrons. The van der Waals surface area contributed by atoms with E-state index in [2.05, 4.69) is 4.98 Å². The molecule has 0 atom stereocenters. The predicted molar refractivity (Wildman–Crippen MR) is 117 cm³/mol. The molecule has 0 radical (unpaired) electrons. The maximum Gasteiger partial charge on any atom is 0.278 e. The summed E-state index contributed by atoms with van der Waals surface area (Å²) in [5, 5.41) is 0.594. The summed E-state index contributed by atoms with van der Waals surface area (Å²) in [5.74, 6) is -0.413. The van der Waals surface area contributed by atoms with Crippen molar-refractivity contribution in [2.45, 2.75) is 6.42 Å². The molecular formula is C24H18ClF2N3O. The van der Waals surface area contributed by atoms with Gasteiger partial charge >= 0.3 is 0 Å². The lowest BCUT2D eigenvalue weighted by atomic mass is 10.1. The van der Waals surface area contributed by atoms with Crippen molar-refractivity contribution in [3.05, 3.63) is 113 Å². The van der Waals surface area contributed by atoms with Gasteiger partial charge in [-0.15, -0.1) is 0 Å². The van der Waals surface area contributed by atoms with Crippen LogP contribution in [0, 0.1) is 11.6 Å². The molecular weight excluding hydrogens is 420 g/mol. The molecule has 31 heavy (non-hydrogen) atoms. The largest absolute Gasteiger partial charge is 0.310 e. The maximum atomic E-state index is 13.3. The SMILES string of the molecule is CN(C(=O)c1cn(-c2ccc(Cl)cc2)c(Cc2ccc(F)cc2)n1)c1ccc(F)cc1. The van der Waals surface area contributed by atoms with Crippen LogP contribution >= 0.6 is 11.6 Å². The van der Waals surface area contributed by atoms with Gasteiger partial charge in [0.2, 0.25) is 0 Å². The molecule has 0 aliphatic heterocycles.